The number of rotatable bonds is 10. The average molecular weight is 408 g/mol. The smallest absolute Gasteiger partial charge is 0.305 e. The molecule has 0 saturated heterocycles. The number of hydrogen-bond acceptors (Lipinski definition) is 7. The van der Waals surface area contributed by atoms with E-state index in [4.69, 9.17) is 4.74 Å². The highest BCUT2D eigenvalue weighted by Crippen LogP contribution is 2.34. The quantitative estimate of drug-likeness (QED) is 0.587. The van der Waals surface area contributed by atoms with Crippen LogP contribution in [0.25, 0.3) is 10.2 Å². The van der Waals surface area contributed by atoms with Crippen molar-refractivity contribution < 1.29 is 14.6 Å². The highest BCUT2D eigenvalue weighted by Gasteiger charge is 2.22. The molecule has 2 aromatic rings. The Labute approximate surface area is 168 Å². The Morgan fingerprint density at radius 2 is 2.18 bits per heavy atom. The van der Waals surface area contributed by atoms with Gasteiger partial charge in [0.25, 0.3) is 5.56 Å². The van der Waals surface area contributed by atoms with Crippen molar-refractivity contribution in [3.63, 3.8) is 0 Å². The van der Waals surface area contributed by atoms with Crippen LogP contribution in [-0.2, 0) is 28.9 Å². The van der Waals surface area contributed by atoms with Crippen LogP contribution in [0.3, 0.4) is 0 Å². The molecule has 1 aliphatic rings. The summed E-state index contributed by atoms with van der Waals surface area (Å²) in [6.07, 6.45) is 4.34. The molecule has 7 nitrogen and oxygen atoms in total. The Kier molecular flexibility index (Phi) is 7.20. The first-order valence-corrected chi connectivity index (χ1v) is 10.9. The van der Waals surface area contributed by atoms with Gasteiger partial charge in [-0.25, -0.2) is 4.98 Å². The van der Waals surface area contributed by atoms with Crippen molar-refractivity contribution in [1.82, 2.24) is 14.9 Å². The second kappa shape index (κ2) is 9.62. The Morgan fingerprint density at radius 3 is 2.93 bits per heavy atom. The summed E-state index contributed by atoms with van der Waals surface area (Å²) in [5, 5.41) is 11.0. The predicted octanol–water partition coefficient (Wildman–Crippen LogP) is 2.39. The van der Waals surface area contributed by atoms with Gasteiger partial charge in [-0.05, 0) is 44.2 Å². The van der Waals surface area contributed by atoms with E-state index in [2.05, 4.69) is 16.9 Å². The van der Waals surface area contributed by atoms with Crippen molar-refractivity contribution >= 4 is 27.5 Å². The SMILES string of the molecule is CCCC(=O)OC[C@H](O)CN(CCC)Cc1nc2sc3c(c2c(=O)[nH]1)CCC3. The summed E-state index contributed by atoms with van der Waals surface area (Å²) < 4.78 is 5.10. The summed E-state index contributed by atoms with van der Waals surface area (Å²) in [7, 11) is 0. The third-order valence-corrected chi connectivity index (χ3v) is 6.08. The van der Waals surface area contributed by atoms with Crippen molar-refractivity contribution in [2.24, 2.45) is 0 Å². The lowest BCUT2D eigenvalue weighted by molar-refractivity contribution is -0.147. The van der Waals surface area contributed by atoms with Crippen LogP contribution >= 0.6 is 11.3 Å². The van der Waals surface area contributed by atoms with Gasteiger partial charge in [0, 0.05) is 17.8 Å². The molecule has 0 saturated carbocycles. The average Bonchev–Trinajstić information content (AvgIpc) is 3.21. The highest BCUT2D eigenvalue weighted by molar-refractivity contribution is 7.18. The van der Waals surface area contributed by atoms with E-state index >= 15 is 0 Å². The van der Waals surface area contributed by atoms with Gasteiger partial charge in [-0.1, -0.05) is 13.8 Å². The Morgan fingerprint density at radius 1 is 1.36 bits per heavy atom. The number of aromatic amines is 1. The van der Waals surface area contributed by atoms with Crippen LogP contribution in [0.15, 0.2) is 4.79 Å². The van der Waals surface area contributed by atoms with Gasteiger partial charge in [0.2, 0.25) is 0 Å². The van der Waals surface area contributed by atoms with Gasteiger partial charge < -0.3 is 14.8 Å². The molecule has 2 N–H and O–H groups in total. The summed E-state index contributed by atoms with van der Waals surface area (Å²) in [4.78, 5) is 35.8. The second-order valence-corrected chi connectivity index (χ2v) is 8.46. The molecule has 0 bridgehead atoms. The minimum atomic E-state index is -0.770. The number of fused-ring (bicyclic) bond motifs is 3. The van der Waals surface area contributed by atoms with Crippen molar-refractivity contribution in [3.05, 3.63) is 26.6 Å². The highest BCUT2D eigenvalue weighted by atomic mass is 32.1. The molecule has 1 atom stereocenters. The summed E-state index contributed by atoms with van der Waals surface area (Å²) in [6, 6.07) is 0. The number of esters is 1. The number of nitrogens with one attached hydrogen (secondary N) is 1. The summed E-state index contributed by atoms with van der Waals surface area (Å²) in [5.41, 5.74) is 1.11. The van der Waals surface area contributed by atoms with E-state index in [1.54, 1.807) is 11.3 Å². The number of aryl methyl sites for hydroxylation is 2. The van der Waals surface area contributed by atoms with Gasteiger partial charge in [0.15, 0.2) is 0 Å². The molecule has 8 heteroatoms. The number of aromatic nitrogens is 2. The second-order valence-electron chi connectivity index (χ2n) is 7.37. The molecule has 0 fully saturated rings. The number of ether oxygens (including phenoxy) is 1. The van der Waals surface area contributed by atoms with Crippen LogP contribution < -0.4 is 5.56 Å². The monoisotopic (exact) mass is 407 g/mol. The number of carbonyl (C=O) groups is 1. The number of nitrogens with zero attached hydrogens (tertiary/aromatic N) is 2. The van der Waals surface area contributed by atoms with Crippen molar-refractivity contribution in [2.45, 2.75) is 65.0 Å². The van der Waals surface area contributed by atoms with Crippen LogP contribution in [0.1, 0.15) is 55.8 Å². The molecule has 154 valence electrons. The minimum Gasteiger partial charge on any atom is -0.463 e. The lowest BCUT2D eigenvalue weighted by Gasteiger charge is -2.24. The first kappa shape index (κ1) is 21.0. The molecule has 0 aliphatic heterocycles. The zero-order chi connectivity index (χ0) is 20.1. The molecule has 0 unspecified atom stereocenters. The van der Waals surface area contributed by atoms with Crippen LogP contribution in [0.4, 0.5) is 0 Å². The molecule has 2 aromatic heterocycles. The minimum absolute atomic E-state index is 0.0142. The third kappa shape index (κ3) is 4.98. The van der Waals surface area contributed by atoms with E-state index in [0.717, 1.165) is 48.9 Å². The number of aliphatic hydroxyl groups excluding tert-OH is 1. The molecule has 28 heavy (non-hydrogen) atoms. The van der Waals surface area contributed by atoms with Crippen LogP contribution in [-0.4, -0.2) is 51.7 Å². The van der Waals surface area contributed by atoms with Gasteiger partial charge in [0.05, 0.1) is 11.9 Å². The zero-order valence-electron chi connectivity index (χ0n) is 16.6. The molecular formula is C20H29N3O4S. The Hall–Kier alpha value is -1.77. The van der Waals surface area contributed by atoms with Gasteiger partial charge in [-0.3, -0.25) is 14.5 Å². The van der Waals surface area contributed by atoms with Crippen molar-refractivity contribution in [3.8, 4) is 0 Å². The lowest BCUT2D eigenvalue weighted by atomic mass is 10.2. The van der Waals surface area contributed by atoms with Gasteiger partial charge in [-0.15, -0.1) is 11.3 Å². The number of H-pyrrole nitrogens is 1. The van der Waals surface area contributed by atoms with E-state index in [9.17, 15) is 14.7 Å². The molecule has 0 amide bonds. The fraction of sp³-hybridized carbons (Fsp3) is 0.650. The van der Waals surface area contributed by atoms with Crippen LogP contribution in [0.5, 0.6) is 0 Å². The molecule has 0 aromatic carbocycles. The standard InChI is InChI=1S/C20H29N3O4S/c1-3-6-17(25)27-12-13(24)10-23(9-4-2)11-16-21-19(26)18-14-7-5-8-15(14)28-20(18)22-16/h13,24H,3-12H2,1-2H3,(H,21,22,26)/t13-/m1/s1. The van der Waals surface area contributed by atoms with E-state index in [0.29, 0.717) is 25.3 Å². The van der Waals surface area contributed by atoms with Crippen molar-refractivity contribution in [1.29, 1.82) is 0 Å². The summed E-state index contributed by atoms with van der Waals surface area (Å²) in [5.74, 6) is 0.326. The largest absolute Gasteiger partial charge is 0.463 e. The van der Waals surface area contributed by atoms with Gasteiger partial charge >= 0.3 is 5.97 Å². The van der Waals surface area contributed by atoms with Crippen LogP contribution in [0.2, 0.25) is 0 Å². The Bertz CT molecular complexity index is 876. The third-order valence-electron chi connectivity index (χ3n) is 4.90. The fourth-order valence-electron chi connectivity index (χ4n) is 3.70. The van der Waals surface area contributed by atoms with Crippen LogP contribution in [0, 0.1) is 0 Å². The fourth-order valence-corrected chi connectivity index (χ4v) is 4.98. The van der Waals surface area contributed by atoms with E-state index in [1.807, 2.05) is 11.8 Å². The summed E-state index contributed by atoms with van der Waals surface area (Å²) >= 11 is 1.63. The normalized spacial score (nSPS) is 14.6. The number of hydrogen-bond donors (Lipinski definition) is 2. The first-order valence-electron chi connectivity index (χ1n) is 10.1. The molecule has 0 spiro atoms. The number of carbonyl (C=O) groups excluding carboxylic acids is 1. The molecular weight excluding hydrogens is 378 g/mol. The maximum Gasteiger partial charge on any atom is 0.305 e. The van der Waals surface area contributed by atoms with Crippen molar-refractivity contribution in [2.75, 3.05) is 19.7 Å². The lowest BCUT2D eigenvalue weighted by Crippen LogP contribution is -2.36. The maximum absolute atomic E-state index is 12.6. The molecule has 2 heterocycles. The Balaban J connectivity index is 1.66. The molecule has 3 rings (SSSR count). The topological polar surface area (TPSA) is 95.5 Å². The number of aliphatic hydroxyl groups is 1. The van der Waals surface area contributed by atoms with E-state index < -0.39 is 6.10 Å². The molecule has 1 aliphatic carbocycles. The van der Waals surface area contributed by atoms with E-state index in [-0.39, 0.29) is 18.1 Å². The summed E-state index contributed by atoms with van der Waals surface area (Å²) in [6.45, 7) is 5.51. The van der Waals surface area contributed by atoms with E-state index in [1.165, 1.54) is 10.4 Å². The predicted molar refractivity (Wildman–Crippen MR) is 110 cm³/mol. The van der Waals surface area contributed by atoms with Gasteiger partial charge in [0.1, 0.15) is 23.4 Å². The first-order chi connectivity index (χ1) is 13.5. The number of thiophene rings is 1. The van der Waals surface area contributed by atoms with Gasteiger partial charge in [-0.2, -0.15) is 0 Å². The molecule has 0 radical (unpaired) electrons. The zero-order valence-corrected chi connectivity index (χ0v) is 17.4. The maximum atomic E-state index is 12.6.